The largest absolute Gasteiger partial charge is 0.497 e. The summed E-state index contributed by atoms with van der Waals surface area (Å²) in [7, 11) is 1.60. The summed E-state index contributed by atoms with van der Waals surface area (Å²) in [4.78, 5) is 12.4. The van der Waals surface area contributed by atoms with Gasteiger partial charge in [-0.25, -0.2) is 0 Å². The van der Waals surface area contributed by atoms with E-state index in [4.69, 9.17) is 9.47 Å². The van der Waals surface area contributed by atoms with E-state index in [2.05, 4.69) is 21.2 Å². The molecular formula is C15H18BrNO3. The van der Waals surface area contributed by atoms with Gasteiger partial charge in [-0.1, -0.05) is 0 Å². The number of rotatable bonds is 3. The van der Waals surface area contributed by atoms with Crippen LogP contribution in [0.15, 0.2) is 22.7 Å². The molecule has 5 heteroatoms. The van der Waals surface area contributed by atoms with Crippen LogP contribution in [0.2, 0.25) is 0 Å². The Hall–Kier alpha value is -1.07. The van der Waals surface area contributed by atoms with Gasteiger partial charge >= 0.3 is 0 Å². The molecule has 2 aliphatic rings. The molecule has 1 saturated heterocycles. The SMILES string of the molecule is COc1ccc(Br)c(C(=O)N[C@H]2CC23CCOCC3)c1. The lowest BCUT2D eigenvalue weighted by atomic mass is 9.96. The Morgan fingerprint density at radius 1 is 1.45 bits per heavy atom. The molecule has 1 saturated carbocycles. The topological polar surface area (TPSA) is 47.6 Å². The van der Waals surface area contributed by atoms with Gasteiger partial charge in [0.2, 0.25) is 0 Å². The molecule has 2 fully saturated rings. The smallest absolute Gasteiger partial charge is 0.252 e. The summed E-state index contributed by atoms with van der Waals surface area (Å²) < 4.78 is 11.4. The first-order chi connectivity index (χ1) is 9.64. The number of methoxy groups -OCH3 is 1. The Labute approximate surface area is 127 Å². The van der Waals surface area contributed by atoms with Gasteiger partial charge in [-0.05, 0) is 58.8 Å². The van der Waals surface area contributed by atoms with Crippen molar-refractivity contribution in [3.63, 3.8) is 0 Å². The molecule has 0 bridgehead atoms. The maximum Gasteiger partial charge on any atom is 0.252 e. The zero-order chi connectivity index (χ0) is 14.2. The van der Waals surface area contributed by atoms with Crippen molar-refractivity contribution in [2.24, 2.45) is 5.41 Å². The van der Waals surface area contributed by atoms with E-state index in [1.165, 1.54) is 0 Å². The fraction of sp³-hybridized carbons (Fsp3) is 0.533. The summed E-state index contributed by atoms with van der Waals surface area (Å²) >= 11 is 3.42. The average Bonchev–Trinajstić information content (AvgIpc) is 3.11. The zero-order valence-electron chi connectivity index (χ0n) is 11.4. The first kappa shape index (κ1) is 13.9. The second-order valence-corrected chi connectivity index (χ2v) is 6.41. The zero-order valence-corrected chi connectivity index (χ0v) is 13.0. The van der Waals surface area contributed by atoms with Crippen LogP contribution in [0.5, 0.6) is 5.75 Å². The highest BCUT2D eigenvalue weighted by molar-refractivity contribution is 9.10. The summed E-state index contributed by atoms with van der Waals surface area (Å²) in [6.45, 7) is 1.63. The van der Waals surface area contributed by atoms with Crippen molar-refractivity contribution in [1.82, 2.24) is 5.32 Å². The molecule has 1 aliphatic heterocycles. The number of ether oxygens (including phenoxy) is 2. The van der Waals surface area contributed by atoms with E-state index in [0.29, 0.717) is 16.7 Å². The summed E-state index contributed by atoms with van der Waals surface area (Å²) in [6.07, 6.45) is 3.18. The summed E-state index contributed by atoms with van der Waals surface area (Å²) in [5.74, 6) is 0.652. The van der Waals surface area contributed by atoms with E-state index in [9.17, 15) is 4.79 Å². The van der Waals surface area contributed by atoms with Crippen molar-refractivity contribution in [3.05, 3.63) is 28.2 Å². The molecule has 1 heterocycles. The van der Waals surface area contributed by atoms with Crippen LogP contribution in [0.3, 0.4) is 0 Å². The molecule has 1 N–H and O–H groups in total. The number of nitrogens with one attached hydrogen (secondary N) is 1. The Morgan fingerprint density at radius 3 is 2.90 bits per heavy atom. The second kappa shape index (κ2) is 5.37. The standard InChI is InChI=1S/C15H18BrNO3/c1-19-10-2-3-12(16)11(8-10)14(18)17-13-9-15(13)4-6-20-7-5-15/h2-3,8,13H,4-7,9H2,1H3,(H,17,18)/t13-/m0/s1. The quantitative estimate of drug-likeness (QED) is 0.920. The lowest BCUT2D eigenvalue weighted by Crippen LogP contribution is -2.32. The van der Waals surface area contributed by atoms with Gasteiger partial charge in [-0.15, -0.1) is 0 Å². The van der Waals surface area contributed by atoms with Crippen LogP contribution in [0.25, 0.3) is 0 Å². The van der Waals surface area contributed by atoms with Gasteiger partial charge in [0, 0.05) is 23.7 Å². The fourth-order valence-electron chi connectivity index (χ4n) is 2.92. The van der Waals surface area contributed by atoms with E-state index in [1.807, 2.05) is 12.1 Å². The molecule has 0 aromatic heterocycles. The maximum atomic E-state index is 12.4. The molecule has 1 amide bonds. The Morgan fingerprint density at radius 2 is 2.20 bits per heavy atom. The Bertz CT molecular complexity index is 526. The first-order valence-electron chi connectivity index (χ1n) is 6.87. The minimum absolute atomic E-state index is 0.0378. The molecule has 1 aromatic rings. The van der Waals surface area contributed by atoms with Gasteiger partial charge in [0.15, 0.2) is 0 Å². The van der Waals surface area contributed by atoms with E-state index in [1.54, 1.807) is 13.2 Å². The molecule has 1 aliphatic carbocycles. The van der Waals surface area contributed by atoms with Crippen LogP contribution < -0.4 is 10.1 Å². The van der Waals surface area contributed by atoms with E-state index < -0.39 is 0 Å². The van der Waals surface area contributed by atoms with Crippen molar-refractivity contribution in [2.45, 2.75) is 25.3 Å². The van der Waals surface area contributed by atoms with Crippen LogP contribution in [-0.2, 0) is 4.74 Å². The van der Waals surface area contributed by atoms with Gasteiger partial charge in [-0.3, -0.25) is 4.79 Å². The van der Waals surface area contributed by atoms with Crippen LogP contribution >= 0.6 is 15.9 Å². The van der Waals surface area contributed by atoms with Crippen molar-refractivity contribution in [3.8, 4) is 5.75 Å². The van der Waals surface area contributed by atoms with Crippen LogP contribution in [0, 0.1) is 5.41 Å². The molecule has 4 nitrogen and oxygen atoms in total. The minimum atomic E-state index is -0.0378. The third-order valence-electron chi connectivity index (χ3n) is 4.40. The number of benzene rings is 1. The van der Waals surface area contributed by atoms with Crippen LogP contribution in [-0.4, -0.2) is 32.3 Å². The van der Waals surface area contributed by atoms with E-state index >= 15 is 0 Å². The average molecular weight is 340 g/mol. The third-order valence-corrected chi connectivity index (χ3v) is 5.09. The summed E-state index contributed by atoms with van der Waals surface area (Å²) in [5, 5.41) is 3.14. The number of carbonyl (C=O) groups excluding carboxylic acids is 1. The Kier molecular flexibility index (Phi) is 3.73. The molecule has 3 rings (SSSR count). The third kappa shape index (κ3) is 2.56. The highest BCUT2D eigenvalue weighted by atomic mass is 79.9. The minimum Gasteiger partial charge on any atom is -0.497 e. The predicted molar refractivity (Wildman–Crippen MR) is 79.1 cm³/mol. The van der Waals surface area contributed by atoms with Gasteiger partial charge in [-0.2, -0.15) is 0 Å². The Balaban J connectivity index is 1.68. The molecule has 20 heavy (non-hydrogen) atoms. The molecule has 1 spiro atoms. The van der Waals surface area contributed by atoms with Gasteiger partial charge in [0.1, 0.15) is 5.75 Å². The van der Waals surface area contributed by atoms with Crippen molar-refractivity contribution < 1.29 is 14.3 Å². The fourth-order valence-corrected chi connectivity index (χ4v) is 3.35. The summed E-state index contributed by atoms with van der Waals surface area (Å²) in [5.41, 5.74) is 0.914. The highest BCUT2D eigenvalue weighted by Crippen LogP contribution is 2.53. The molecule has 108 valence electrons. The highest BCUT2D eigenvalue weighted by Gasteiger charge is 2.55. The lowest BCUT2D eigenvalue weighted by molar-refractivity contribution is 0.0535. The normalized spacial score (nSPS) is 23.4. The predicted octanol–water partition coefficient (Wildman–Crippen LogP) is 2.76. The van der Waals surface area contributed by atoms with Gasteiger partial charge in [0.05, 0.1) is 12.7 Å². The maximum absolute atomic E-state index is 12.4. The molecule has 0 unspecified atom stereocenters. The molecule has 1 aromatic carbocycles. The van der Waals surface area contributed by atoms with Crippen molar-refractivity contribution in [2.75, 3.05) is 20.3 Å². The number of hydrogen-bond acceptors (Lipinski definition) is 3. The van der Waals surface area contributed by atoms with Gasteiger partial charge < -0.3 is 14.8 Å². The van der Waals surface area contributed by atoms with Crippen LogP contribution in [0.4, 0.5) is 0 Å². The first-order valence-corrected chi connectivity index (χ1v) is 7.66. The number of hydrogen-bond donors (Lipinski definition) is 1. The van der Waals surface area contributed by atoms with E-state index in [0.717, 1.165) is 36.9 Å². The molecular weight excluding hydrogens is 322 g/mol. The van der Waals surface area contributed by atoms with Crippen molar-refractivity contribution >= 4 is 21.8 Å². The molecule has 1 atom stereocenters. The number of carbonyl (C=O) groups is 1. The lowest BCUT2D eigenvalue weighted by Gasteiger charge is -2.23. The second-order valence-electron chi connectivity index (χ2n) is 5.55. The molecule has 0 radical (unpaired) electrons. The van der Waals surface area contributed by atoms with Gasteiger partial charge in [0.25, 0.3) is 5.91 Å². The van der Waals surface area contributed by atoms with E-state index in [-0.39, 0.29) is 11.9 Å². The van der Waals surface area contributed by atoms with Crippen LogP contribution in [0.1, 0.15) is 29.6 Å². The monoisotopic (exact) mass is 339 g/mol. The summed E-state index contributed by atoms with van der Waals surface area (Å²) in [6, 6.07) is 5.72. The number of amides is 1. The van der Waals surface area contributed by atoms with Crippen molar-refractivity contribution in [1.29, 1.82) is 0 Å². The number of halogens is 1.